The van der Waals surface area contributed by atoms with Crippen LogP contribution in [-0.4, -0.2) is 12.7 Å². The van der Waals surface area contributed by atoms with Crippen LogP contribution in [0.3, 0.4) is 0 Å². The van der Waals surface area contributed by atoms with E-state index < -0.39 is 0 Å². The van der Waals surface area contributed by atoms with E-state index in [4.69, 9.17) is 4.74 Å². The summed E-state index contributed by atoms with van der Waals surface area (Å²) in [5.74, 6) is 3.67. The Labute approximate surface area is 118 Å². The van der Waals surface area contributed by atoms with E-state index in [2.05, 4.69) is 39.8 Å². The van der Waals surface area contributed by atoms with Crippen LogP contribution in [0, 0.1) is 29.6 Å². The quantitative estimate of drug-likeness (QED) is 0.626. The first kappa shape index (κ1) is 13.4. The smallest absolute Gasteiger partial charge is 0.0674 e. The topological polar surface area (TPSA) is 9.23 Å². The summed E-state index contributed by atoms with van der Waals surface area (Å²) in [5, 5.41) is 0. The van der Waals surface area contributed by atoms with Gasteiger partial charge in [0.15, 0.2) is 0 Å². The van der Waals surface area contributed by atoms with Crippen LogP contribution in [0.1, 0.15) is 47.0 Å². The molecule has 0 aromatic rings. The summed E-state index contributed by atoms with van der Waals surface area (Å²) in [5.41, 5.74) is 3.16. The Balaban J connectivity index is 1.81. The molecule has 0 N–H and O–H groups in total. The number of fused-ring (bicyclic) bond motifs is 2. The molecule has 1 aliphatic heterocycles. The van der Waals surface area contributed by atoms with Crippen LogP contribution >= 0.6 is 0 Å². The highest BCUT2D eigenvalue weighted by atomic mass is 16.5. The Morgan fingerprint density at radius 2 is 2.00 bits per heavy atom. The minimum atomic E-state index is 0.472. The molecule has 1 saturated heterocycles. The van der Waals surface area contributed by atoms with Crippen molar-refractivity contribution in [3.63, 3.8) is 0 Å². The monoisotopic (exact) mass is 260 g/mol. The Bertz CT molecular complexity index is 406. The van der Waals surface area contributed by atoms with Gasteiger partial charge in [0.05, 0.1) is 12.7 Å². The van der Waals surface area contributed by atoms with Gasteiger partial charge in [0.2, 0.25) is 0 Å². The van der Waals surface area contributed by atoms with Crippen LogP contribution in [-0.2, 0) is 4.74 Å². The van der Waals surface area contributed by atoms with E-state index >= 15 is 0 Å². The van der Waals surface area contributed by atoms with E-state index in [1.54, 1.807) is 11.1 Å². The zero-order valence-electron chi connectivity index (χ0n) is 12.9. The van der Waals surface area contributed by atoms with Crippen LogP contribution in [0.4, 0.5) is 0 Å². The van der Waals surface area contributed by atoms with Crippen LogP contribution in [0.25, 0.3) is 0 Å². The van der Waals surface area contributed by atoms with Gasteiger partial charge in [0.1, 0.15) is 0 Å². The zero-order valence-corrected chi connectivity index (χ0v) is 12.9. The van der Waals surface area contributed by atoms with Gasteiger partial charge in [-0.2, -0.15) is 0 Å². The van der Waals surface area contributed by atoms with Crippen molar-refractivity contribution in [2.45, 2.75) is 53.1 Å². The zero-order chi connectivity index (χ0) is 13.6. The molecule has 0 aromatic carbocycles. The normalized spacial score (nSPS) is 46.5. The molecule has 0 amide bonds. The van der Waals surface area contributed by atoms with Crippen molar-refractivity contribution in [1.29, 1.82) is 0 Å². The summed E-state index contributed by atoms with van der Waals surface area (Å²) >= 11 is 0. The molecule has 106 valence electrons. The fraction of sp³-hybridized carbons (Fsp3) is 0.778. The summed E-state index contributed by atoms with van der Waals surface area (Å²) in [6.45, 7) is 10.4. The molecule has 6 unspecified atom stereocenters. The lowest BCUT2D eigenvalue weighted by molar-refractivity contribution is -0.0982. The van der Waals surface area contributed by atoms with E-state index in [-0.39, 0.29) is 0 Å². The Morgan fingerprint density at radius 3 is 2.74 bits per heavy atom. The minimum absolute atomic E-state index is 0.472. The first-order chi connectivity index (χ1) is 9.06. The van der Waals surface area contributed by atoms with E-state index in [0.29, 0.717) is 17.9 Å². The predicted molar refractivity (Wildman–Crippen MR) is 79.9 cm³/mol. The second-order valence-electron chi connectivity index (χ2n) is 7.30. The number of ether oxygens (including phenoxy) is 1. The molecule has 3 aliphatic rings. The lowest BCUT2D eigenvalue weighted by atomic mass is 9.66. The van der Waals surface area contributed by atoms with E-state index in [1.165, 1.54) is 19.3 Å². The third-order valence-electron chi connectivity index (χ3n) is 5.85. The maximum Gasteiger partial charge on any atom is 0.0674 e. The van der Waals surface area contributed by atoms with Crippen molar-refractivity contribution < 1.29 is 4.74 Å². The van der Waals surface area contributed by atoms with E-state index in [0.717, 1.165) is 24.4 Å². The SMILES string of the molecule is CC1=CCC(C2OCC3CC2C(C)=CC3C)C(C)C1. The Morgan fingerprint density at radius 1 is 1.21 bits per heavy atom. The molecule has 1 heterocycles. The molecule has 0 saturated carbocycles. The van der Waals surface area contributed by atoms with Crippen molar-refractivity contribution in [3.8, 4) is 0 Å². The van der Waals surface area contributed by atoms with Gasteiger partial charge in [-0.25, -0.2) is 0 Å². The van der Waals surface area contributed by atoms with Crippen molar-refractivity contribution in [2.24, 2.45) is 29.6 Å². The second kappa shape index (κ2) is 5.09. The standard InChI is InChI=1S/C18H28O/c1-11-5-6-16(13(3)7-11)18-17-9-15(10-19-18)12(2)8-14(17)4/h5,8,12-13,15-18H,6-7,9-10H2,1-4H3. The molecule has 2 bridgehead atoms. The fourth-order valence-electron chi connectivity index (χ4n) is 4.56. The van der Waals surface area contributed by atoms with Gasteiger partial charge in [-0.15, -0.1) is 0 Å². The molecule has 1 nitrogen and oxygen atoms in total. The van der Waals surface area contributed by atoms with Gasteiger partial charge in [-0.05, 0) is 56.8 Å². The Kier molecular flexibility index (Phi) is 3.59. The molecule has 19 heavy (non-hydrogen) atoms. The first-order valence-electron chi connectivity index (χ1n) is 8.01. The molecule has 3 rings (SSSR count). The predicted octanol–water partition coefficient (Wildman–Crippen LogP) is 4.60. The first-order valence-corrected chi connectivity index (χ1v) is 8.01. The van der Waals surface area contributed by atoms with Crippen LogP contribution in [0.15, 0.2) is 23.3 Å². The lowest BCUT2D eigenvalue weighted by Gasteiger charge is -2.47. The van der Waals surface area contributed by atoms with Gasteiger partial charge in [0, 0.05) is 5.92 Å². The summed E-state index contributed by atoms with van der Waals surface area (Å²) in [7, 11) is 0. The summed E-state index contributed by atoms with van der Waals surface area (Å²) in [4.78, 5) is 0. The van der Waals surface area contributed by atoms with Gasteiger partial charge in [0.25, 0.3) is 0 Å². The van der Waals surface area contributed by atoms with E-state index in [9.17, 15) is 0 Å². The lowest BCUT2D eigenvalue weighted by Crippen LogP contribution is -2.46. The second-order valence-corrected chi connectivity index (χ2v) is 7.30. The molecular weight excluding hydrogens is 232 g/mol. The van der Waals surface area contributed by atoms with E-state index in [1.807, 2.05) is 0 Å². The van der Waals surface area contributed by atoms with Crippen LogP contribution in [0.5, 0.6) is 0 Å². The molecule has 1 fully saturated rings. The third-order valence-corrected chi connectivity index (χ3v) is 5.85. The summed E-state index contributed by atoms with van der Waals surface area (Å²) < 4.78 is 6.36. The van der Waals surface area contributed by atoms with Crippen molar-refractivity contribution >= 4 is 0 Å². The maximum atomic E-state index is 6.36. The largest absolute Gasteiger partial charge is 0.377 e. The molecule has 0 spiro atoms. The number of rotatable bonds is 1. The molecule has 2 aliphatic carbocycles. The highest BCUT2D eigenvalue weighted by molar-refractivity contribution is 5.17. The van der Waals surface area contributed by atoms with Gasteiger partial charge in [-0.3, -0.25) is 0 Å². The van der Waals surface area contributed by atoms with Gasteiger partial charge in [-0.1, -0.05) is 37.1 Å². The van der Waals surface area contributed by atoms with Crippen LogP contribution < -0.4 is 0 Å². The van der Waals surface area contributed by atoms with Crippen molar-refractivity contribution in [3.05, 3.63) is 23.3 Å². The highest BCUT2D eigenvalue weighted by Gasteiger charge is 2.42. The maximum absolute atomic E-state index is 6.36. The average Bonchev–Trinajstić information content (AvgIpc) is 2.37. The Hall–Kier alpha value is -0.560. The number of hydrogen-bond acceptors (Lipinski definition) is 1. The number of allylic oxidation sites excluding steroid dienone is 3. The molecule has 0 radical (unpaired) electrons. The molecule has 1 heteroatoms. The number of hydrogen-bond donors (Lipinski definition) is 0. The van der Waals surface area contributed by atoms with Gasteiger partial charge < -0.3 is 4.74 Å². The minimum Gasteiger partial charge on any atom is -0.377 e. The van der Waals surface area contributed by atoms with Crippen molar-refractivity contribution in [1.82, 2.24) is 0 Å². The molecule has 0 aromatic heterocycles. The van der Waals surface area contributed by atoms with Gasteiger partial charge >= 0.3 is 0 Å². The fourth-order valence-corrected chi connectivity index (χ4v) is 4.56. The molecular formula is C18H28O. The third kappa shape index (κ3) is 2.42. The summed E-state index contributed by atoms with van der Waals surface area (Å²) in [6, 6.07) is 0. The summed E-state index contributed by atoms with van der Waals surface area (Å²) in [6.07, 6.45) is 9.29. The highest BCUT2D eigenvalue weighted by Crippen LogP contribution is 2.45. The molecule has 6 atom stereocenters. The van der Waals surface area contributed by atoms with Crippen LogP contribution in [0.2, 0.25) is 0 Å². The van der Waals surface area contributed by atoms with Crippen molar-refractivity contribution in [2.75, 3.05) is 6.61 Å². The average molecular weight is 260 g/mol.